The van der Waals surface area contributed by atoms with E-state index in [0.29, 0.717) is 5.75 Å². The van der Waals surface area contributed by atoms with Gasteiger partial charge in [-0.05, 0) is 30.3 Å². The summed E-state index contributed by atoms with van der Waals surface area (Å²) in [5, 5.41) is 9.32. The second-order valence-corrected chi connectivity index (χ2v) is 8.53. The number of nitrogens with one attached hydrogen (secondary N) is 1. The van der Waals surface area contributed by atoms with Gasteiger partial charge in [0, 0.05) is 12.4 Å². The second kappa shape index (κ2) is 10.8. The standard InChI is InChI=1S/C23H21N5O6S/c1-32-17-10-5-6-11-18(17)34-19-20(28-35(30,31)16-8-3-2-4-9-16)26-22(21-24-12-7-13-25-21)27-23(19)33-15-14-29/h2-13,29H,14-15H2,1H3,(H,26,27,28). The largest absolute Gasteiger partial charge is 0.493 e. The third-order valence-electron chi connectivity index (χ3n) is 4.50. The number of ether oxygens (including phenoxy) is 3. The van der Waals surface area contributed by atoms with Crippen molar-refractivity contribution in [1.82, 2.24) is 19.9 Å². The number of sulfonamides is 1. The summed E-state index contributed by atoms with van der Waals surface area (Å²) in [6.07, 6.45) is 2.99. The van der Waals surface area contributed by atoms with Crippen LogP contribution in [0, 0.1) is 0 Å². The Morgan fingerprint density at radius 3 is 2.26 bits per heavy atom. The number of rotatable bonds is 10. The lowest BCUT2D eigenvalue weighted by atomic mass is 10.3. The molecule has 2 aromatic carbocycles. The summed E-state index contributed by atoms with van der Waals surface area (Å²) in [7, 11) is -2.61. The van der Waals surface area contributed by atoms with Crippen LogP contribution in [-0.4, -0.2) is 53.8 Å². The lowest BCUT2D eigenvalue weighted by Crippen LogP contribution is -2.16. The molecule has 0 saturated carbocycles. The van der Waals surface area contributed by atoms with Gasteiger partial charge in [-0.2, -0.15) is 4.98 Å². The number of benzene rings is 2. The first kappa shape index (κ1) is 23.9. The van der Waals surface area contributed by atoms with Gasteiger partial charge >= 0.3 is 0 Å². The van der Waals surface area contributed by atoms with Gasteiger partial charge in [0.2, 0.25) is 11.6 Å². The molecule has 35 heavy (non-hydrogen) atoms. The van der Waals surface area contributed by atoms with E-state index in [9.17, 15) is 13.5 Å². The number of aliphatic hydroxyl groups excluding tert-OH is 1. The Hall–Kier alpha value is -4.29. The third kappa shape index (κ3) is 5.62. The van der Waals surface area contributed by atoms with E-state index in [1.54, 1.807) is 48.5 Å². The summed E-state index contributed by atoms with van der Waals surface area (Å²) in [5.41, 5.74) is 0. The van der Waals surface area contributed by atoms with E-state index in [-0.39, 0.29) is 53.0 Å². The number of aromatic nitrogens is 4. The fraction of sp³-hybridized carbons (Fsp3) is 0.130. The molecule has 0 spiro atoms. The van der Waals surface area contributed by atoms with Crippen LogP contribution in [0.1, 0.15) is 0 Å². The average Bonchev–Trinajstić information content (AvgIpc) is 2.89. The highest BCUT2D eigenvalue weighted by Gasteiger charge is 2.25. The van der Waals surface area contributed by atoms with Crippen molar-refractivity contribution in [3.63, 3.8) is 0 Å². The Labute approximate surface area is 201 Å². The number of hydrogen-bond acceptors (Lipinski definition) is 10. The van der Waals surface area contributed by atoms with Crippen LogP contribution >= 0.6 is 0 Å². The van der Waals surface area contributed by atoms with E-state index in [2.05, 4.69) is 24.7 Å². The van der Waals surface area contributed by atoms with Crippen LogP contribution in [0.2, 0.25) is 0 Å². The SMILES string of the molecule is COc1ccccc1Oc1c(NS(=O)(=O)c2ccccc2)nc(-c2ncccn2)nc1OCCO. The molecule has 2 heterocycles. The second-order valence-electron chi connectivity index (χ2n) is 6.85. The number of methoxy groups -OCH3 is 1. The average molecular weight is 496 g/mol. The van der Waals surface area contributed by atoms with Crippen molar-refractivity contribution in [3.8, 4) is 34.8 Å². The highest BCUT2D eigenvalue weighted by atomic mass is 32.2. The van der Waals surface area contributed by atoms with E-state index in [1.807, 2.05) is 0 Å². The molecule has 0 radical (unpaired) electrons. The Bertz CT molecular complexity index is 1390. The first-order chi connectivity index (χ1) is 17.0. The van der Waals surface area contributed by atoms with E-state index in [4.69, 9.17) is 14.2 Å². The van der Waals surface area contributed by atoms with Crippen LogP contribution in [0.5, 0.6) is 23.1 Å². The topological polar surface area (TPSA) is 146 Å². The minimum absolute atomic E-state index is 0.0113. The predicted octanol–water partition coefficient (Wildman–Crippen LogP) is 2.91. The minimum atomic E-state index is -4.08. The third-order valence-corrected chi connectivity index (χ3v) is 5.85. The molecule has 0 amide bonds. The number of nitrogens with zero attached hydrogens (tertiary/aromatic N) is 4. The van der Waals surface area contributed by atoms with E-state index < -0.39 is 10.0 Å². The van der Waals surface area contributed by atoms with Crippen molar-refractivity contribution in [1.29, 1.82) is 0 Å². The van der Waals surface area contributed by atoms with E-state index >= 15 is 0 Å². The van der Waals surface area contributed by atoms with Crippen molar-refractivity contribution >= 4 is 15.8 Å². The molecule has 0 bridgehead atoms. The Kier molecular flexibility index (Phi) is 7.33. The summed E-state index contributed by atoms with van der Waals surface area (Å²) in [6, 6.07) is 16.1. The van der Waals surface area contributed by atoms with Gasteiger partial charge in [0.25, 0.3) is 15.9 Å². The van der Waals surface area contributed by atoms with Crippen LogP contribution in [0.3, 0.4) is 0 Å². The number of para-hydroxylation sites is 2. The Morgan fingerprint density at radius 2 is 1.57 bits per heavy atom. The summed E-state index contributed by atoms with van der Waals surface area (Å²) >= 11 is 0. The quantitative estimate of drug-likeness (QED) is 0.337. The fourth-order valence-electron chi connectivity index (χ4n) is 2.94. The molecule has 0 aliphatic heterocycles. The van der Waals surface area contributed by atoms with Gasteiger partial charge in [-0.1, -0.05) is 30.3 Å². The molecule has 0 atom stereocenters. The van der Waals surface area contributed by atoms with Crippen molar-refractivity contribution in [2.24, 2.45) is 0 Å². The smallest absolute Gasteiger partial charge is 0.263 e. The van der Waals surface area contributed by atoms with Gasteiger partial charge in [0.1, 0.15) is 6.61 Å². The van der Waals surface area contributed by atoms with Crippen LogP contribution in [0.25, 0.3) is 11.6 Å². The Balaban J connectivity index is 1.88. The van der Waals surface area contributed by atoms with Crippen molar-refractivity contribution in [3.05, 3.63) is 73.1 Å². The van der Waals surface area contributed by atoms with Crippen LogP contribution < -0.4 is 18.9 Å². The fourth-order valence-corrected chi connectivity index (χ4v) is 3.97. The van der Waals surface area contributed by atoms with Crippen molar-refractivity contribution in [2.45, 2.75) is 4.90 Å². The van der Waals surface area contributed by atoms with Gasteiger partial charge in [0.05, 0.1) is 18.6 Å². The van der Waals surface area contributed by atoms with Gasteiger partial charge in [-0.25, -0.2) is 23.4 Å². The van der Waals surface area contributed by atoms with E-state index in [1.165, 1.54) is 31.6 Å². The molecule has 0 fully saturated rings. The van der Waals surface area contributed by atoms with Gasteiger partial charge < -0.3 is 19.3 Å². The first-order valence-electron chi connectivity index (χ1n) is 10.3. The molecule has 4 rings (SSSR count). The first-order valence-corrected chi connectivity index (χ1v) is 11.8. The molecule has 2 aromatic heterocycles. The van der Waals surface area contributed by atoms with E-state index in [0.717, 1.165) is 0 Å². The number of hydrogen-bond donors (Lipinski definition) is 2. The molecule has 0 aliphatic rings. The molecule has 4 aromatic rings. The Morgan fingerprint density at radius 1 is 0.886 bits per heavy atom. The predicted molar refractivity (Wildman–Crippen MR) is 126 cm³/mol. The summed E-state index contributed by atoms with van der Waals surface area (Å²) < 4.78 is 45.7. The lowest BCUT2D eigenvalue weighted by Gasteiger charge is -2.17. The molecular formula is C23H21N5O6S. The molecule has 2 N–H and O–H groups in total. The molecule has 12 heteroatoms. The zero-order valence-corrected chi connectivity index (χ0v) is 19.3. The van der Waals surface area contributed by atoms with Gasteiger partial charge in [0.15, 0.2) is 23.1 Å². The summed E-state index contributed by atoms with van der Waals surface area (Å²) in [6.45, 7) is -0.459. The molecule has 0 aliphatic carbocycles. The molecule has 0 unspecified atom stereocenters. The van der Waals surface area contributed by atoms with Crippen LogP contribution in [-0.2, 0) is 10.0 Å². The molecule has 0 saturated heterocycles. The summed E-state index contributed by atoms with van der Waals surface area (Å²) in [4.78, 5) is 16.9. The molecule has 180 valence electrons. The lowest BCUT2D eigenvalue weighted by molar-refractivity contribution is 0.192. The number of aliphatic hydroxyl groups is 1. The monoisotopic (exact) mass is 495 g/mol. The van der Waals surface area contributed by atoms with Gasteiger partial charge in [-0.15, -0.1) is 0 Å². The highest BCUT2D eigenvalue weighted by molar-refractivity contribution is 7.92. The minimum Gasteiger partial charge on any atom is -0.493 e. The van der Waals surface area contributed by atoms with Crippen molar-refractivity contribution < 1.29 is 27.7 Å². The van der Waals surface area contributed by atoms with Crippen LogP contribution in [0.15, 0.2) is 78.0 Å². The normalized spacial score (nSPS) is 11.0. The van der Waals surface area contributed by atoms with Crippen LogP contribution in [0.4, 0.5) is 5.82 Å². The molecular weight excluding hydrogens is 474 g/mol. The molecule has 11 nitrogen and oxygen atoms in total. The summed E-state index contributed by atoms with van der Waals surface area (Å²) in [5.74, 6) is 0.270. The maximum absolute atomic E-state index is 13.1. The highest BCUT2D eigenvalue weighted by Crippen LogP contribution is 2.41. The van der Waals surface area contributed by atoms with Gasteiger partial charge in [-0.3, -0.25) is 4.72 Å². The number of anilines is 1. The van der Waals surface area contributed by atoms with Crippen molar-refractivity contribution in [2.75, 3.05) is 25.0 Å². The zero-order chi connectivity index (χ0) is 24.7. The zero-order valence-electron chi connectivity index (χ0n) is 18.5. The maximum atomic E-state index is 13.1. The maximum Gasteiger partial charge on any atom is 0.263 e.